The van der Waals surface area contributed by atoms with E-state index < -0.39 is 18.5 Å². The van der Waals surface area contributed by atoms with Gasteiger partial charge in [-0.2, -0.15) is 13.2 Å². The molecule has 0 aromatic carbocycles. The molecule has 0 heterocycles. The summed E-state index contributed by atoms with van der Waals surface area (Å²) in [4.78, 5) is 10.8. The van der Waals surface area contributed by atoms with Crippen molar-refractivity contribution in [2.24, 2.45) is 11.5 Å². The highest BCUT2D eigenvalue weighted by Crippen LogP contribution is 2.18. The van der Waals surface area contributed by atoms with Gasteiger partial charge in [-0.15, -0.1) is 0 Å². The fraction of sp³-hybridized carbons (Fsp3) is 0.889. The van der Waals surface area contributed by atoms with Gasteiger partial charge >= 0.3 is 6.18 Å². The van der Waals surface area contributed by atoms with Crippen molar-refractivity contribution < 1.29 is 18.0 Å². The third-order valence-electron chi connectivity index (χ3n) is 2.04. The highest BCUT2D eigenvalue weighted by atomic mass is 19.4. The number of hydrogen-bond acceptors (Lipinski definition) is 4. The van der Waals surface area contributed by atoms with E-state index >= 15 is 0 Å². The third kappa shape index (κ3) is 10.0. The van der Waals surface area contributed by atoms with Crippen LogP contribution in [0.3, 0.4) is 0 Å². The smallest absolute Gasteiger partial charge is 0.356 e. The predicted octanol–water partition coefficient (Wildman–Crippen LogP) is -0.679. The van der Waals surface area contributed by atoms with Gasteiger partial charge in [-0.05, 0) is 6.42 Å². The largest absolute Gasteiger partial charge is 0.397 e. The molecule has 0 aliphatic heterocycles. The Morgan fingerprint density at radius 1 is 1.24 bits per heavy atom. The Morgan fingerprint density at radius 3 is 2.35 bits per heavy atom. The van der Waals surface area contributed by atoms with Crippen LogP contribution in [-0.2, 0) is 4.79 Å². The summed E-state index contributed by atoms with van der Waals surface area (Å²) in [6.45, 7) is 1.54. The van der Waals surface area contributed by atoms with Gasteiger partial charge in [0.15, 0.2) is 0 Å². The molecule has 6 N–H and O–H groups in total. The number of carbonyl (C=O) groups excluding carboxylic acids is 1. The van der Waals surface area contributed by atoms with Crippen LogP contribution in [0.25, 0.3) is 0 Å². The third-order valence-corrected chi connectivity index (χ3v) is 2.04. The summed E-state index contributed by atoms with van der Waals surface area (Å²) in [7, 11) is 0. The molecule has 0 aliphatic rings. The zero-order valence-electron chi connectivity index (χ0n) is 9.52. The van der Waals surface area contributed by atoms with Crippen LogP contribution in [-0.4, -0.2) is 44.3 Å². The number of halogens is 3. The zero-order chi connectivity index (χ0) is 13.3. The van der Waals surface area contributed by atoms with E-state index in [0.29, 0.717) is 26.1 Å². The van der Waals surface area contributed by atoms with Crippen molar-refractivity contribution in [3.05, 3.63) is 0 Å². The molecule has 0 aromatic rings. The molecular weight excluding hydrogens is 237 g/mol. The first kappa shape index (κ1) is 16.1. The van der Waals surface area contributed by atoms with Crippen LogP contribution in [0.5, 0.6) is 0 Å². The molecule has 0 fully saturated rings. The molecule has 17 heavy (non-hydrogen) atoms. The maximum Gasteiger partial charge on any atom is 0.397 e. The Hall–Kier alpha value is -0.860. The lowest BCUT2D eigenvalue weighted by Gasteiger charge is -2.16. The van der Waals surface area contributed by atoms with Gasteiger partial charge < -0.3 is 22.1 Å². The molecule has 0 spiro atoms. The van der Waals surface area contributed by atoms with Crippen LogP contribution in [0.1, 0.15) is 12.8 Å². The maximum atomic E-state index is 11.8. The molecule has 8 heteroatoms. The van der Waals surface area contributed by atoms with E-state index in [1.165, 1.54) is 0 Å². The van der Waals surface area contributed by atoms with Crippen molar-refractivity contribution in [2.75, 3.05) is 26.2 Å². The maximum absolute atomic E-state index is 11.8. The fourth-order valence-corrected chi connectivity index (χ4v) is 1.22. The van der Waals surface area contributed by atoms with E-state index in [1.807, 2.05) is 0 Å². The standard InChI is InChI=1S/C9H19F3N4O/c10-9(11,12)5-8(17)16-3-1-7(6-14)15-4-2-13/h7,15H,1-6,13-14H2,(H,16,17). The predicted molar refractivity (Wildman–Crippen MR) is 58.2 cm³/mol. The Labute approximate surface area is 98.1 Å². The minimum atomic E-state index is -4.46. The van der Waals surface area contributed by atoms with Crippen LogP contribution in [0.2, 0.25) is 0 Å². The minimum absolute atomic E-state index is 0.0512. The number of rotatable bonds is 8. The second-order valence-electron chi connectivity index (χ2n) is 3.61. The van der Waals surface area contributed by atoms with Crippen molar-refractivity contribution in [2.45, 2.75) is 25.1 Å². The van der Waals surface area contributed by atoms with Gasteiger partial charge in [0.1, 0.15) is 6.42 Å². The molecule has 0 saturated carbocycles. The van der Waals surface area contributed by atoms with E-state index in [0.717, 1.165) is 0 Å². The normalized spacial score (nSPS) is 13.5. The summed E-state index contributed by atoms with van der Waals surface area (Å²) in [5, 5.41) is 5.21. The Balaban J connectivity index is 3.70. The zero-order valence-corrected chi connectivity index (χ0v) is 9.52. The van der Waals surface area contributed by atoms with E-state index in [-0.39, 0.29) is 12.6 Å². The highest BCUT2D eigenvalue weighted by molar-refractivity contribution is 5.76. The molecule has 0 rings (SSSR count). The van der Waals surface area contributed by atoms with Crippen molar-refractivity contribution in [1.82, 2.24) is 10.6 Å². The van der Waals surface area contributed by atoms with Crippen molar-refractivity contribution in [3.63, 3.8) is 0 Å². The van der Waals surface area contributed by atoms with E-state index in [1.54, 1.807) is 0 Å². The second kappa shape index (κ2) is 8.26. The van der Waals surface area contributed by atoms with Crippen molar-refractivity contribution in [1.29, 1.82) is 0 Å². The van der Waals surface area contributed by atoms with Crippen molar-refractivity contribution >= 4 is 5.91 Å². The van der Waals surface area contributed by atoms with E-state index in [2.05, 4.69) is 10.6 Å². The van der Waals surface area contributed by atoms with Crippen molar-refractivity contribution in [3.8, 4) is 0 Å². The average Bonchev–Trinajstić information content (AvgIpc) is 2.20. The topological polar surface area (TPSA) is 93.2 Å². The molecule has 102 valence electrons. The highest BCUT2D eigenvalue weighted by Gasteiger charge is 2.30. The van der Waals surface area contributed by atoms with Gasteiger partial charge in [0.05, 0.1) is 0 Å². The number of alkyl halides is 3. The van der Waals surface area contributed by atoms with E-state index in [9.17, 15) is 18.0 Å². The average molecular weight is 256 g/mol. The summed E-state index contributed by atoms with van der Waals surface area (Å²) in [6.07, 6.45) is -5.44. The van der Waals surface area contributed by atoms with Crippen LogP contribution in [0.15, 0.2) is 0 Å². The number of carbonyl (C=O) groups is 1. The Morgan fingerprint density at radius 2 is 1.88 bits per heavy atom. The lowest BCUT2D eigenvalue weighted by molar-refractivity contribution is -0.153. The Kier molecular flexibility index (Phi) is 7.85. The molecule has 5 nitrogen and oxygen atoms in total. The Bertz CT molecular complexity index is 223. The SMILES string of the molecule is NCCNC(CN)CCNC(=O)CC(F)(F)F. The van der Waals surface area contributed by atoms with Crippen LogP contribution in [0, 0.1) is 0 Å². The molecular formula is C9H19F3N4O. The number of hydrogen-bond donors (Lipinski definition) is 4. The molecule has 1 amide bonds. The summed E-state index contributed by atoms with van der Waals surface area (Å²) in [5.74, 6) is -1.02. The number of nitrogens with two attached hydrogens (primary N) is 2. The van der Waals surface area contributed by atoms with Crippen LogP contribution < -0.4 is 22.1 Å². The minimum Gasteiger partial charge on any atom is -0.356 e. The number of nitrogens with one attached hydrogen (secondary N) is 2. The number of amides is 1. The van der Waals surface area contributed by atoms with Gasteiger partial charge in [-0.3, -0.25) is 4.79 Å². The van der Waals surface area contributed by atoms with Gasteiger partial charge in [-0.25, -0.2) is 0 Å². The summed E-state index contributed by atoms with van der Waals surface area (Å²) >= 11 is 0. The summed E-state index contributed by atoms with van der Waals surface area (Å²) in [5.41, 5.74) is 10.7. The molecule has 0 radical (unpaired) electrons. The molecule has 0 bridgehead atoms. The molecule has 0 saturated heterocycles. The van der Waals surface area contributed by atoms with Gasteiger partial charge in [0.2, 0.25) is 5.91 Å². The van der Waals surface area contributed by atoms with Gasteiger partial charge in [-0.1, -0.05) is 0 Å². The van der Waals surface area contributed by atoms with Crippen LogP contribution >= 0.6 is 0 Å². The molecule has 1 unspecified atom stereocenters. The van der Waals surface area contributed by atoms with Gasteiger partial charge in [0.25, 0.3) is 0 Å². The lowest BCUT2D eigenvalue weighted by Crippen LogP contribution is -2.41. The molecule has 1 atom stereocenters. The molecule has 0 aromatic heterocycles. The molecule has 0 aliphatic carbocycles. The fourth-order valence-electron chi connectivity index (χ4n) is 1.22. The summed E-state index contributed by atoms with van der Waals surface area (Å²) in [6, 6.07) is -0.0512. The first-order valence-corrected chi connectivity index (χ1v) is 5.36. The van der Waals surface area contributed by atoms with Gasteiger partial charge in [0, 0.05) is 32.2 Å². The second-order valence-corrected chi connectivity index (χ2v) is 3.61. The lowest BCUT2D eigenvalue weighted by atomic mass is 10.2. The quantitative estimate of drug-likeness (QED) is 0.463. The summed E-state index contributed by atoms with van der Waals surface area (Å²) < 4.78 is 35.5. The first-order valence-electron chi connectivity index (χ1n) is 5.36. The first-order chi connectivity index (χ1) is 7.89. The van der Waals surface area contributed by atoms with Crippen LogP contribution in [0.4, 0.5) is 13.2 Å². The van der Waals surface area contributed by atoms with E-state index in [4.69, 9.17) is 11.5 Å². The monoisotopic (exact) mass is 256 g/mol.